The van der Waals surface area contributed by atoms with Gasteiger partial charge in [0, 0.05) is 0 Å². The summed E-state index contributed by atoms with van der Waals surface area (Å²) in [6.45, 7) is 8.67. The summed E-state index contributed by atoms with van der Waals surface area (Å²) in [5.74, 6) is 1.09. The number of hydrogen-bond acceptors (Lipinski definition) is 0. The fourth-order valence-corrected chi connectivity index (χ4v) is 7.36. The summed E-state index contributed by atoms with van der Waals surface area (Å²) in [5.41, 5.74) is 18.9. The lowest BCUT2D eigenvalue weighted by atomic mass is 9.72. The van der Waals surface area contributed by atoms with E-state index in [1.807, 2.05) is 0 Å². The minimum atomic E-state index is 0.543. The third-order valence-electron chi connectivity index (χ3n) is 10.2. The lowest BCUT2D eigenvalue weighted by molar-refractivity contribution is 0.397. The topological polar surface area (TPSA) is 0 Å². The third-order valence-corrected chi connectivity index (χ3v) is 10.2. The molecule has 7 rings (SSSR count). The van der Waals surface area contributed by atoms with E-state index in [4.69, 9.17) is 0 Å². The van der Waals surface area contributed by atoms with Crippen molar-refractivity contribution in [3.05, 3.63) is 167 Å². The van der Waals surface area contributed by atoms with Crippen LogP contribution in [0.5, 0.6) is 0 Å². The van der Waals surface area contributed by atoms with Gasteiger partial charge in [-0.3, -0.25) is 0 Å². The van der Waals surface area contributed by atoms with E-state index in [0.29, 0.717) is 11.8 Å². The maximum absolute atomic E-state index is 2.50. The second-order valence-electron chi connectivity index (χ2n) is 13.6. The summed E-state index contributed by atoms with van der Waals surface area (Å²) < 4.78 is 0. The van der Waals surface area contributed by atoms with Crippen LogP contribution in [-0.2, 0) is 0 Å². The molecule has 0 heteroatoms. The summed E-state index contributed by atoms with van der Waals surface area (Å²) in [4.78, 5) is 0. The van der Waals surface area contributed by atoms with Gasteiger partial charge in [0.15, 0.2) is 0 Å². The molecule has 0 radical (unpaired) electrons. The average Bonchev–Trinajstić information content (AvgIpc) is 3.09. The third kappa shape index (κ3) is 6.35. The Kier molecular flexibility index (Phi) is 8.46. The average molecular weight is 597 g/mol. The molecule has 0 saturated heterocycles. The van der Waals surface area contributed by atoms with Crippen LogP contribution in [0.3, 0.4) is 0 Å². The van der Waals surface area contributed by atoms with Gasteiger partial charge < -0.3 is 0 Å². The lowest BCUT2D eigenvalue weighted by Gasteiger charge is -2.32. The molecule has 1 fully saturated rings. The quantitative estimate of drug-likeness (QED) is 0.179. The molecule has 46 heavy (non-hydrogen) atoms. The summed E-state index contributed by atoms with van der Waals surface area (Å²) in [6.07, 6.45) is 4.79. The van der Waals surface area contributed by atoms with Crippen LogP contribution in [0.2, 0.25) is 0 Å². The molecule has 6 aromatic carbocycles. The predicted octanol–water partition coefficient (Wildman–Crippen LogP) is 13.0. The standard InChI is InChI=1S/C46H44/c1-31-5-13-35(14-6-31)41-25-27-43(37-17-9-33(3)10-18-37)45(29-41)39-21-23-40(24-22-39)46-30-42(36-15-7-32(2)8-16-36)26-28-44(46)38-19-11-34(4)12-20-38/h5-20,25-30,39-40H,21-24H2,1-4H3. The fraction of sp³-hybridized carbons (Fsp3) is 0.217. The Balaban J connectivity index is 1.23. The molecule has 0 aliphatic heterocycles. The maximum atomic E-state index is 2.50. The Morgan fingerprint density at radius 1 is 0.304 bits per heavy atom. The lowest BCUT2D eigenvalue weighted by Crippen LogP contribution is -2.14. The molecule has 0 aromatic heterocycles. The SMILES string of the molecule is Cc1ccc(-c2ccc(-c3ccc(C)cc3)c(C3CCC(c4cc(-c5ccc(C)cc5)ccc4-c4ccc(C)cc4)CC3)c2)cc1. The van der Waals surface area contributed by atoms with E-state index in [1.165, 1.54) is 104 Å². The van der Waals surface area contributed by atoms with Crippen molar-refractivity contribution in [2.75, 3.05) is 0 Å². The number of benzene rings is 6. The van der Waals surface area contributed by atoms with Gasteiger partial charge in [0.05, 0.1) is 0 Å². The summed E-state index contributed by atoms with van der Waals surface area (Å²) >= 11 is 0. The zero-order valence-electron chi connectivity index (χ0n) is 27.7. The van der Waals surface area contributed by atoms with Crippen LogP contribution in [0.4, 0.5) is 0 Å². The Hall–Kier alpha value is -4.68. The van der Waals surface area contributed by atoms with E-state index < -0.39 is 0 Å². The Morgan fingerprint density at radius 3 is 0.870 bits per heavy atom. The van der Waals surface area contributed by atoms with Crippen LogP contribution in [0.1, 0.15) is 70.9 Å². The van der Waals surface area contributed by atoms with Gasteiger partial charge in [-0.2, -0.15) is 0 Å². The van der Waals surface area contributed by atoms with E-state index in [1.54, 1.807) is 0 Å². The zero-order valence-corrected chi connectivity index (χ0v) is 27.7. The molecule has 228 valence electrons. The maximum Gasteiger partial charge on any atom is -0.0149 e. The largest absolute Gasteiger partial charge is 0.0587 e. The molecule has 0 bridgehead atoms. The normalized spacial score (nSPS) is 16.3. The van der Waals surface area contributed by atoms with Gasteiger partial charge in [-0.15, -0.1) is 0 Å². The summed E-state index contributed by atoms with van der Waals surface area (Å²) in [7, 11) is 0. The Labute approximate surface area is 275 Å². The van der Waals surface area contributed by atoms with E-state index in [-0.39, 0.29) is 0 Å². The van der Waals surface area contributed by atoms with E-state index >= 15 is 0 Å². The molecular weight excluding hydrogens is 553 g/mol. The molecule has 0 spiro atoms. The first-order valence-corrected chi connectivity index (χ1v) is 17.0. The smallest absolute Gasteiger partial charge is 0.0149 e. The minimum absolute atomic E-state index is 0.543. The number of hydrogen-bond donors (Lipinski definition) is 0. The van der Waals surface area contributed by atoms with Gasteiger partial charge in [0.25, 0.3) is 0 Å². The second-order valence-corrected chi connectivity index (χ2v) is 13.6. The first-order chi connectivity index (χ1) is 22.4. The highest BCUT2D eigenvalue weighted by Crippen LogP contribution is 2.47. The predicted molar refractivity (Wildman–Crippen MR) is 198 cm³/mol. The minimum Gasteiger partial charge on any atom is -0.0587 e. The highest BCUT2D eigenvalue weighted by molar-refractivity contribution is 5.76. The molecule has 0 nitrogen and oxygen atoms in total. The van der Waals surface area contributed by atoms with Crippen molar-refractivity contribution < 1.29 is 0 Å². The van der Waals surface area contributed by atoms with Gasteiger partial charge in [-0.1, -0.05) is 156 Å². The van der Waals surface area contributed by atoms with Gasteiger partial charge in [0.1, 0.15) is 0 Å². The molecule has 0 amide bonds. The van der Waals surface area contributed by atoms with Crippen molar-refractivity contribution in [1.82, 2.24) is 0 Å². The summed E-state index contributed by atoms with van der Waals surface area (Å²) in [6, 6.07) is 50.6. The van der Waals surface area contributed by atoms with Crippen molar-refractivity contribution in [1.29, 1.82) is 0 Å². The first-order valence-electron chi connectivity index (χ1n) is 17.0. The van der Waals surface area contributed by atoms with E-state index in [0.717, 1.165) is 0 Å². The van der Waals surface area contributed by atoms with Crippen molar-refractivity contribution in [2.45, 2.75) is 65.2 Å². The molecule has 0 unspecified atom stereocenters. The van der Waals surface area contributed by atoms with Crippen molar-refractivity contribution in [3.8, 4) is 44.5 Å². The van der Waals surface area contributed by atoms with Gasteiger partial charge in [0.2, 0.25) is 0 Å². The van der Waals surface area contributed by atoms with Gasteiger partial charge in [-0.25, -0.2) is 0 Å². The van der Waals surface area contributed by atoms with Gasteiger partial charge in [-0.05, 0) is 121 Å². The van der Waals surface area contributed by atoms with Crippen molar-refractivity contribution in [3.63, 3.8) is 0 Å². The van der Waals surface area contributed by atoms with Crippen LogP contribution >= 0.6 is 0 Å². The highest BCUT2D eigenvalue weighted by atomic mass is 14.3. The van der Waals surface area contributed by atoms with Crippen LogP contribution < -0.4 is 0 Å². The first kappa shape index (κ1) is 30.0. The Morgan fingerprint density at radius 2 is 0.565 bits per heavy atom. The molecule has 1 aliphatic rings. The molecule has 6 aromatic rings. The second kappa shape index (κ2) is 13.0. The van der Waals surface area contributed by atoms with Crippen molar-refractivity contribution in [2.24, 2.45) is 0 Å². The van der Waals surface area contributed by atoms with E-state index in [2.05, 4.69) is 161 Å². The van der Waals surface area contributed by atoms with Crippen LogP contribution in [0, 0.1) is 27.7 Å². The van der Waals surface area contributed by atoms with E-state index in [9.17, 15) is 0 Å². The number of rotatable bonds is 6. The monoisotopic (exact) mass is 596 g/mol. The Bertz CT molecular complexity index is 1780. The van der Waals surface area contributed by atoms with Crippen molar-refractivity contribution >= 4 is 0 Å². The highest BCUT2D eigenvalue weighted by Gasteiger charge is 2.27. The summed E-state index contributed by atoms with van der Waals surface area (Å²) in [5, 5.41) is 0. The molecule has 0 heterocycles. The molecule has 0 N–H and O–H groups in total. The molecule has 1 aliphatic carbocycles. The van der Waals surface area contributed by atoms with Crippen LogP contribution in [0.25, 0.3) is 44.5 Å². The molecular formula is C46H44. The molecule has 1 saturated carbocycles. The fourth-order valence-electron chi connectivity index (χ4n) is 7.36. The zero-order chi connectivity index (χ0) is 31.6. The van der Waals surface area contributed by atoms with Crippen LogP contribution in [-0.4, -0.2) is 0 Å². The number of aryl methyl sites for hydroxylation is 4. The molecule has 0 atom stereocenters. The van der Waals surface area contributed by atoms with Crippen LogP contribution in [0.15, 0.2) is 133 Å². The van der Waals surface area contributed by atoms with Gasteiger partial charge >= 0.3 is 0 Å².